The van der Waals surface area contributed by atoms with E-state index in [1.807, 2.05) is 38.1 Å². The van der Waals surface area contributed by atoms with Gasteiger partial charge in [0.2, 0.25) is 5.89 Å². The number of rotatable bonds is 5. The zero-order valence-corrected chi connectivity index (χ0v) is 14.2. The summed E-state index contributed by atoms with van der Waals surface area (Å²) in [4.78, 5) is 4.54. The predicted molar refractivity (Wildman–Crippen MR) is 85.9 cm³/mol. The Balaban J connectivity index is 2.12. The summed E-state index contributed by atoms with van der Waals surface area (Å²) >= 11 is 0. The van der Waals surface area contributed by atoms with Crippen LogP contribution in [0.15, 0.2) is 28.8 Å². The van der Waals surface area contributed by atoms with Crippen LogP contribution in [0.5, 0.6) is 5.75 Å². The van der Waals surface area contributed by atoms with Gasteiger partial charge in [0.15, 0.2) is 5.82 Å². The van der Waals surface area contributed by atoms with Crippen LogP contribution >= 0.6 is 0 Å². The number of benzene rings is 1. The van der Waals surface area contributed by atoms with Crippen LogP contribution in [0.3, 0.4) is 0 Å². The van der Waals surface area contributed by atoms with E-state index in [0.717, 1.165) is 11.3 Å². The molecule has 0 saturated carbocycles. The number of ether oxygens (including phenoxy) is 1. The number of aromatic nitrogens is 2. The first kappa shape index (κ1) is 16.5. The Labute approximate surface area is 132 Å². The minimum atomic E-state index is -0.395. The van der Waals surface area contributed by atoms with Crippen molar-refractivity contribution in [2.45, 2.75) is 52.1 Å². The molecule has 0 saturated heterocycles. The Kier molecular flexibility index (Phi) is 4.56. The van der Waals surface area contributed by atoms with Gasteiger partial charge in [0.25, 0.3) is 0 Å². The van der Waals surface area contributed by atoms with Gasteiger partial charge in [-0.25, -0.2) is 0 Å². The van der Waals surface area contributed by atoms with Gasteiger partial charge >= 0.3 is 0 Å². The molecule has 0 aliphatic carbocycles. The van der Waals surface area contributed by atoms with E-state index in [2.05, 4.69) is 36.2 Å². The third-order valence-corrected chi connectivity index (χ3v) is 3.54. The summed E-state index contributed by atoms with van der Waals surface area (Å²) in [6, 6.07) is 7.95. The summed E-state index contributed by atoms with van der Waals surface area (Å²) in [5.74, 6) is 2.18. The van der Waals surface area contributed by atoms with E-state index in [1.165, 1.54) is 0 Å². The molecule has 1 N–H and O–H groups in total. The minimum Gasteiger partial charge on any atom is -0.496 e. The Morgan fingerprint density at radius 1 is 1.14 bits per heavy atom. The molecule has 22 heavy (non-hydrogen) atoms. The Morgan fingerprint density at radius 3 is 2.41 bits per heavy atom. The monoisotopic (exact) mass is 303 g/mol. The first-order chi connectivity index (χ1) is 10.2. The van der Waals surface area contributed by atoms with Crippen LogP contribution in [0.2, 0.25) is 0 Å². The largest absolute Gasteiger partial charge is 0.496 e. The number of hydrogen-bond donors (Lipinski definition) is 1. The summed E-state index contributed by atoms with van der Waals surface area (Å²) in [6.07, 6.45) is 0. The molecule has 2 rings (SSSR count). The molecule has 0 aliphatic rings. The minimum absolute atomic E-state index is 0.149. The van der Waals surface area contributed by atoms with E-state index in [1.54, 1.807) is 7.11 Å². The summed E-state index contributed by atoms with van der Waals surface area (Å²) < 4.78 is 10.8. The van der Waals surface area contributed by atoms with Gasteiger partial charge in [0.05, 0.1) is 12.6 Å². The molecule has 5 heteroatoms. The highest BCUT2D eigenvalue weighted by atomic mass is 16.5. The van der Waals surface area contributed by atoms with Crippen LogP contribution in [-0.4, -0.2) is 17.3 Å². The summed E-state index contributed by atoms with van der Waals surface area (Å²) in [5.41, 5.74) is 0.551. The van der Waals surface area contributed by atoms with Crippen molar-refractivity contribution in [3.05, 3.63) is 41.5 Å². The van der Waals surface area contributed by atoms with Gasteiger partial charge in [-0.05, 0) is 19.9 Å². The molecule has 0 unspecified atom stereocenters. The molecular formula is C17H25N3O2. The lowest BCUT2D eigenvalue weighted by Crippen LogP contribution is -2.37. The van der Waals surface area contributed by atoms with Crippen LogP contribution in [-0.2, 0) is 17.5 Å². The van der Waals surface area contributed by atoms with E-state index < -0.39 is 5.54 Å². The fourth-order valence-electron chi connectivity index (χ4n) is 2.03. The molecule has 0 aliphatic heterocycles. The molecule has 0 atom stereocenters. The molecule has 0 bridgehead atoms. The molecule has 1 aromatic heterocycles. The summed E-state index contributed by atoms with van der Waals surface area (Å²) in [6.45, 7) is 10.9. The van der Waals surface area contributed by atoms with Crippen molar-refractivity contribution < 1.29 is 9.26 Å². The maximum absolute atomic E-state index is 5.39. The number of para-hydroxylation sites is 1. The van der Waals surface area contributed by atoms with E-state index in [4.69, 9.17) is 9.26 Å². The van der Waals surface area contributed by atoms with Gasteiger partial charge < -0.3 is 14.6 Å². The van der Waals surface area contributed by atoms with Crippen LogP contribution in [0, 0.1) is 0 Å². The van der Waals surface area contributed by atoms with Crippen molar-refractivity contribution in [1.82, 2.24) is 15.5 Å². The number of nitrogens with zero attached hydrogens (tertiary/aromatic N) is 2. The standard InChI is InChI=1S/C17H25N3O2/c1-16(2,3)15-19-14(20-22-15)17(4,5)18-11-12-9-7-8-10-13(12)21-6/h7-10,18H,11H2,1-6H3. The second kappa shape index (κ2) is 6.08. The normalized spacial score (nSPS) is 12.5. The van der Waals surface area contributed by atoms with Crippen LogP contribution in [0.1, 0.15) is 51.9 Å². The third-order valence-electron chi connectivity index (χ3n) is 3.54. The van der Waals surface area contributed by atoms with E-state index in [-0.39, 0.29) is 5.41 Å². The third kappa shape index (κ3) is 3.65. The van der Waals surface area contributed by atoms with Crippen molar-refractivity contribution >= 4 is 0 Å². The van der Waals surface area contributed by atoms with Crippen LogP contribution < -0.4 is 10.1 Å². The first-order valence-corrected chi connectivity index (χ1v) is 7.45. The molecule has 1 aromatic carbocycles. The van der Waals surface area contributed by atoms with Crippen LogP contribution in [0.4, 0.5) is 0 Å². The quantitative estimate of drug-likeness (QED) is 0.917. The summed E-state index contributed by atoms with van der Waals surface area (Å²) in [5, 5.41) is 7.60. The number of nitrogens with one attached hydrogen (secondary N) is 1. The maximum Gasteiger partial charge on any atom is 0.232 e. The molecule has 120 valence electrons. The zero-order chi connectivity index (χ0) is 16.4. The van der Waals surface area contributed by atoms with Crippen molar-refractivity contribution in [1.29, 1.82) is 0 Å². The van der Waals surface area contributed by atoms with Gasteiger partial charge in [-0.3, -0.25) is 0 Å². The summed E-state index contributed by atoms with van der Waals surface area (Å²) in [7, 11) is 1.68. The van der Waals surface area contributed by atoms with Crippen molar-refractivity contribution in [2.75, 3.05) is 7.11 Å². The topological polar surface area (TPSA) is 60.2 Å². The Morgan fingerprint density at radius 2 is 1.82 bits per heavy atom. The zero-order valence-electron chi connectivity index (χ0n) is 14.2. The van der Waals surface area contributed by atoms with Gasteiger partial charge in [0.1, 0.15) is 5.75 Å². The average molecular weight is 303 g/mol. The molecular weight excluding hydrogens is 278 g/mol. The van der Waals surface area contributed by atoms with E-state index >= 15 is 0 Å². The Bertz CT molecular complexity index is 627. The predicted octanol–water partition coefficient (Wildman–Crippen LogP) is 3.40. The highest BCUT2D eigenvalue weighted by Crippen LogP contribution is 2.25. The first-order valence-electron chi connectivity index (χ1n) is 7.45. The fourth-order valence-corrected chi connectivity index (χ4v) is 2.03. The average Bonchev–Trinajstić information content (AvgIpc) is 2.96. The van der Waals surface area contributed by atoms with Gasteiger partial charge in [-0.15, -0.1) is 0 Å². The molecule has 2 aromatic rings. The van der Waals surface area contributed by atoms with Crippen molar-refractivity contribution in [2.24, 2.45) is 0 Å². The molecule has 5 nitrogen and oxygen atoms in total. The van der Waals surface area contributed by atoms with Crippen LogP contribution in [0.25, 0.3) is 0 Å². The van der Waals surface area contributed by atoms with Gasteiger partial charge in [-0.2, -0.15) is 4.98 Å². The number of methoxy groups -OCH3 is 1. The second-order valence-corrected chi connectivity index (χ2v) is 6.96. The van der Waals surface area contributed by atoms with E-state index in [9.17, 15) is 0 Å². The molecule has 0 amide bonds. The lowest BCUT2D eigenvalue weighted by molar-refractivity contribution is 0.304. The van der Waals surface area contributed by atoms with Gasteiger partial charge in [0, 0.05) is 17.5 Å². The van der Waals surface area contributed by atoms with Gasteiger partial charge in [-0.1, -0.05) is 44.1 Å². The molecule has 0 fully saturated rings. The lowest BCUT2D eigenvalue weighted by Gasteiger charge is -2.23. The fraction of sp³-hybridized carbons (Fsp3) is 0.529. The molecule has 0 radical (unpaired) electrons. The maximum atomic E-state index is 5.39. The second-order valence-electron chi connectivity index (χ2n) is 6.96. The highest BCUT2D eigenvalue weighted by molar-refractivity contribution is 5.33. The highest BCUT2D eigenvalue weighted by Gasteiger charge is 2.29. The smallest absolute Gasteiger partial charge is 0.232 e. The Hall–Kier alpha value is -1.88. The molecule has 1 heterocycles. The lowest BCUT2D eigenvalue weighted by atomic mass is 9.97. The SMILES string of the molecule is COc1ccccc1CNC(C)(C)c1noc(C(C)(C)C)n1. The molecule has 0 spiro atoms. The van der Waals surface area contributed by atoms with Crippen molar-refractivity contribution in [3.63, 3.8) is 0 Å². The number of hydrogen-bond acceptors (Lipinski definition) is 5. The van der Waals surface area contributed by atoms with E-state index in [0.29, 0.717) is 18.3 Å². The van der Waals surface area contributed by atoms with Crippen molar-refractivity contribution in [3.8, 4) is 5.75 Å².